The maximum atomic E-state index is 14.3. The minimum Gasteiger partial charge on any atom is -0.495 e. The minimum atomic E-state index is -1.10. The molecule has 0 bridgehead atoms. The minimum absolute atomic E-state index is 0.00564. The molecule has 4 amide bonds. The van der Waals surface area contributed by atoms with Crippen molar-refractivity contribution in [2.45, 2.75) is 66.3 Å². The van der Waals surface area contributed by atoms with Crippen molar-refractivity contribution in [3.05, 3.63) is 52.3 Å². The molecule has 0 spiro atoms. The summed E-state index contributed by atoms with van der Waals surface area (Å²) in [5, 5.41) is -0.327. The van der Waals surface area contributed by atoms with E-state index in [2.05, 4.69) is 9.97 Å². The van der Waals surface area contributed by atoms with Crippen LogP contribution in [0.25, 0.3) is 0 Å². The summed E-state index contributed by atoms with van der Waals surface area (Å²) in [6.45, 7) is 12.7. The smallest absolute Gasteiger partial charge is 0.423 e. The van der Waals surface area contributed by atoms with E-state index in [1.807, 2.05) is 6.92 Å². The van der Waals surface area contributed by atoms with Gasteiger partial charge in [-0.2, -0.15) is 4.90 Å². The summed E-state index contributed by atoms with van der Waals surface area (Å²) in [6.07, 6.45) is -0.765. The molecule has 0 fully saturated rings. The zero-order valence-corrected chi connectivity index (χ0v) is 30.7. The highest BCUT2D eigenvalue weighted by molar-refractivity contribution is 6.43. The number of rotatable bonds is 9. The Morgan fingerprint density at radius 2 is 1.39 bits per heavy atom. The summed E-state index contributed by atoms with van der Waals surface area (Å²) in [6, 6.07) is 6.83. The van der Waals surface area contributed by atoms with Gasteiger partial charge in [0.1, 0.15) is 56.4 Å². The molecule has 2 aromatic carbocycles. The molecular weight excluding hydrogens is 679 g/mol. The topological polar surface area (TPSA) is 159 Å². The van der Waals surface area contributed by atoms with Crippen LogP contribution in [0.3, 0.4) is 0 Å². The van der Waals surface area contributed by atoms with Crippen LogP contribution < -0.4 is 29.9 Å². The molecule has 14 nitrogen and oxygen atoms in total. The van der Waals surface area contributed by atoms with E-state index in [1.165, 1.54) is 33.4 Å². The Morgan fingerprint density at radius 1 is 0.837 bits per heavy atom. The molecule has 0 saturated heterocycles. The van der Waals surface area contributed by atoms with Crippen molar-refractivity contribution in [1.29, 1.82) is 0 Å². The zero-order valence-electron chi connectivity index (χ0n) is 29.2. The van der Waals surface area contributed by atoms with Gasteiger partial charge in [0.25, 0.3) is 0 Å². The van der Waals surface area contributed by atoms with Crippen LogP contribution in [0.4, 0.5) is 43.1 Å². The molecule has 0 aliphatic heterocycles. The van der Waals surface area contributed by atoms with Gasteiger partial charge in [0.05, 0.1) is 32.2 Å². The van der Waals surface area contributed by atoms with Gasteiger partial charge in [0.2, 0.25) is 0 Å². The van der Waals surface area contributed by atoms with Crippen molar-refractivity contribution >= 4 is 70.1 Å². The fourth-order valence-electron chi connectivity index (χ4n) is 4.27. The number of urea groups is 1. The number of imide groups is 1. The van der Waals surface area contributed by atoms with Gasteiger partial charge < -0.3 is 29.4 Å². The van der Waals surface area contributed by atoms with Crippen molar-refractivity contribution in [3.63, 3.8) is 0 Å². The van der Waals surface area contributed by atoms with E-state index >= 15 is 0 Å². The van der Waals surface area contributed by atoms with E-state index in [4.69, 9.17) is 52.6 Å². The number of carbonyl (C=O) groups is 3. The molecule has 0 radical (unpaired) electrons. The molecule has 49 heavy (non-hydrogen) atoms. The lowest BCUT2D eigenvalue weighted by molar-refractivity contribution is 0.0584. The van der Waals surface area contributed by atoms with Crippen molar-refractivity contribution in [1.82, 2.24) is 9.97 Å². The van der Waals surface area contributed by atoms with E-state index < -0.39 is 29.4 Å². The van der Waals surface area contributed by atoms with Gasteiger partial charge in [-0.3, -0.25) is 4.90 Å². The maximum absolute atomic E-state index is 14.3. The molecule has 0 atom stereocenters. The van der Waals surface area contributed by atoms with Crippen LogP contribution in [0.1, 0.15) is 54.0 Å². The Labute approximate surface area is 295 Å². The quantitative estimate of drug-likeness (QED) is 0.213. The van der Waals surface area contributed by atoms with Gasteiger partial charge >= 0.3 is 18.2 Å². The Balaban J connectivity index is 2.18. The van der Waals surface area contributed by atoms with Crippen LogP contribution in [-0.2, 0) is 20.8 Å². The van der Waals surface area contributed by atoms with Gasteiger partial charge in [0.15, 0.2) is 0 Å². The second kappa shape index (κ2) is 15.8. The third-order valence-corrected chi connectivity index (χ3v) is 7.15. The number of nitrogen functional groups attached to an aromatic ring is 1. The largest absolute Gasteiger partial charge is 0.495 e. The lowest BCUT2D eigenvalue weighted by atomic mass is 10.1. The molecule has 3 rings (SSSR count). The van der Waals surface area contributed by atoms with E-state index in [0.717, 1.165) is 21.7 Å². The Kier molecular flexibility index (Phi) is 12.5. The van der Waals surface area contributed by atoms with Crippen LogP contribution in [0.15, 0.2) is 36.7 Å². The molecule has 0 aliphatic rings. The van der Waals surface area contributed by atoms with E-state index in [0.29, 0.717) is 18.1 Å². The van der Waals surface area contributed by atoms with Gasteiger partial charge in [-0.15, -0.1) is 0 Å². The zero-order chi connectivity index (χ0) is 36.8. The molecule has 0 saturated carbocycles. The molecule has 1 heterocycles. The van der Waals surface area contributed by atoms with E-state index in [-0.39, 0.29) is 50.2 Å². The number of carbonyl (C=O) groups excluding carboxylic acids is 3. The first-order valence-corrected chi connectivity index (χ1v) is 15.8. The normalized spacial score (nSPS) is 11.4. The van der Waals surface area contributed by atoms with Gasteiger partial charge in [-0.1, -0.05) is 29.3 Å². The maximum Gasteiger partial charge on any atom is 0.423 e. The third kappa shape index (κ3) is 9.55. The average Bonchev–Trinajstić information content (AvgIpc) is 3.01. The summed E-state index contributed by atoms with van der Waals surface area (Å²) in [5.74, 6) is 0.116. The average molecular weight is 722 g/mol. The van der Waals surface area contributed by atoms with Crippen LogP contribution >= 0.6 is 23.2 Å². The van der Waals surface area contributed by atoms with Crippen LogP contribution in [0, 0.1) is 0 Å². The van der Waals surface area contributed by atoms with Crippen molar-refractivity contribution in [3.8, 4) is 11.5 Å². The summed E-state index contributed by atoms with van der Waals surface area (Å²) < 4.78 is 27.5. The number of amides is 4. The van der Waals surface area contributed by atoms with Crippen molar-refractivity contribution < 1.29 is 38.1 Å². The highest BCUT2D eigenvalue weighted by Crippen LogP contribution is 2.47. The second-order valence-electron chi connectivity index (χ2n) is 12.5. The molecule has 266 valence electrons. The summed E-state index contributed by atoms with van der Waals surface area (Å²) >= 11 is 13.3. The number of methoxy groups -OCH3 is 2. The number of nitrogens with zero attached hydrogens (tertiary/aromatic N) is 5. The number of hydrogen-bond acceptors (Lipinski definition) is 11. The SMILES string of the molecule is CCOCc1ccc(N(C(=O)OC(C)(C)C)c2cc(N(C)C(=O)N(C(=O)OC(C)(C)C)c3c(Cl)c(OC)cc(OC)c3Cl)ncn2)c(N)c1. The van der Waals surface area contributed by atoms with Crippen LogP contribution in [0.2, 0.25) is 10.0 Å². The van der Waals surface area contributed by atoms with Crippen molar-refractivity contribution in [2.75, 3.05) is 48.3 Å². The number of anilines is 5. The van der Waals surface area contributed by atoms with Crippen LogP contribution in [-0.4, -0.2) is 67.3 Å². The van der Waals surface area contributed by atoms with E-state index in [1.54, 1.807) is 59.7 Å². The molecule has 0 unspecified atom stereocenters. The van der Waals surface area contributed by atoms with Crippen LogP contribution in [0.5, 0.6) is 11.5 Å². The standard InChI is InChI=1S/C33H42Cl2N6O8/c1-11-47-17-19-12-13-21(20(36)14-19)40(30(43)48-32(2,3)4)25-16-24(37-18-38-25)39(8)29(42)41(31(44)49-33(5,6)7)28-26(34)22(45-9)15-23(46-10)27(28)35/h12-16,18H,11,17,36H2,1-10H3. The first-order chi connectivity index (χ1) is 22.8. The third-order valence-electron chi connectivity index (χ3n) is 6.42. The number of ether oxygens (including phenoxy) is 5. The predicted octanol–water partition coefficient (Wildman–Crippen LogP) is 7.99. The molecule has 1 aromatic heterocycles. The second-order valence-corrected chi connectivity index (χ2v) is 13.3. The molecule has 3 aromatic rings. The van der Waals surface area contributed by atoms with Gasteiger partial charge in [-0.25, -0.2) is 29.3 Å². The fourth-order valence-corrected chi connectivity index (χ4v) is 4.94. The molecule has 2 N–H and O–H groups in total. The Morgan fingerprint density at radius 3 is 1.90 bits per heavy atom. The number of hydrogen-bond donors (Lipinski definition) is 1. The summed E-state index contributed by atoms with van der Waals surface area (Å²) in [7, 11) is 4.05. The highest BCUT2D eigenvalue weighted by atomic mass is 35.5. The molecule has 16 heteroatoms. The Bertz CT molecular complexity index is 1660. The number of halogens is 2. The fraction of sp³-hybridized carbons (Fsp3) is 0.424. The number of benzene rings is 2. The molecular formula is C33H42Cl2N6O8. The highest BCUT2D eigenvalue weighted by Gasteiger charge is 2.37. The monoisotopic (exact) mass is 720 g/mol. The van der Waals surface area contributed by atoms with E-state index in [9.17, 15) is 14.4 Å². The number of nitrogens with two attached hydrogens (primary N) is 1. The first kappa shape index (κ1) is 38.9. The van der Waals surface area contributed by atoms with Crippen molar-refractivity contribution in [2.24, 2.45) is 0 Å². The number of aromatic nitrogens is 2. The lowest BCUT2D eigenvalue weighted by Gasteiger charge is -2.31. The predicted molar refractivity (Wildman–Crippen MR) is 189 cm³/mol. The Hall–Kier alpha value is -4.53. The molecule has 0 aliphatic carbocycles. The lowest BCUT2D eigenvalue weighted by Crippen LogP contribution is -2.48. The van der Waals surface area contributed by atoms with Gasteiger partial charge in [-0.05, 0) is 66.2 Å². The van der Waals surface area contributed by atoms with Gasteiger partial charge in [0, 0.05) is 25.8 Å². The summed E-state index contributed by atoms with van der Waals surface area (Å²) in [4.78, 5) is 53.0. The summed E-state index contributed by atoms with van der Waals surface area (Å²) in [5.41, 5.74) is 5.54. The first-order valence-electron chi connectivity index (χ1n) is 15.1.